The third-order valence-electron chi connectivity index (χ3n) is 9.75. The number of carbonyl (C=O) groups excluding carboxylic acids is 1. The molecular weight excluding hydrogens is 606 g/mol. The lowest BCUT2D eigenvalue weighted by molar-refractivity contribution is -0.133. The molecule has 48 heavy (non-hydrogen) atoms. The number of ether oxygens (including phenoxy) is 1. The molecule has 5 heterocycles. The van der Waals surface area contributed by atoms with Gasteiger partial charge in [-0.15, -0.1) is 0 Å². The molecule has 0 spiro atoms. The van der Waals surface area contributed by atoms with Crippen molar-refractivity contribution < 1.29 is 9.53 Å². The Labute approximate surface area is 281 Å². The number of rotatable bonds is 10. The zero-order valence-electron chi connectivity index (χ0n) is 28.2. The van der Waals surface area contributed by atoms with E-state index in [-0.39, 0.29) is 18.3 Å². The Bertz CT molecular complexity index is 1860. The average Bonchev–Trinajstić information content (AvgIpc) is 3.86. The predicted molar refractivity (Wildman–Crippen MR) is 187 cm³/mol. The van der Waals surface area contributed by atoms with Crippen molar-refractivity contribution in [1.82, 2.24) is 44.9 Å². The molecule has 1 saturated heterocycles. The Morgan fingerprint density at radius 2 is 1.96 bits per heavy atom. The topological polar surface area (TPSA) is 142 Å². The fourth-order valence-corrected chi connectivity index (χ4v) is 7.36. The summed E-state index contributed by atoms with van der Waals surface area (Å²) in [5, 5.41) is 9.97. The van der Waals surface area contributed by atoms with Crippen LogP contribution in [0.5, 0.6) is 0 Å². The van der Waals surface area contributed by atoms with Gasteiger partial charge in [0.05, 0.1) is 12.0 Å². The molecule has 5 N–H and O–H groups in total. The van der Waals surface area contributed by atoms with E-state index < -0.39 is 6.10 Å². The first-order valence-corrected chi connectivity index (χ1v) is 16.9. The molecule has 252 valence electrons. The number of anilines is 2. The van der Waals surface area contributed by atoms with Crippen LogP contribution < -0.4 is 21.7 Å². The molecule has 7 rings (SSSR count). The number of fused-ring (bicyclic) bond motifs is 2. The SMILES string of the molecule is C=C1C2=C(NC(C3=Cc4ccc(CCNc5nc(N)c6ncn(C7CCC(C(=O)NCC)O7)c6n5)cc4C3)N2C)N(CC)C(=C)N1CC. The number of benzene rings is 1. The Kier molecular flexibility index (Phi) is 8.24. The number of amides is 1. The van der Waals surface area contributed by atoms with E-state index in [1.165, 1.54) is 22.3 Å². The summed E-state index contributed by atoms with van der Waals surface area (Å²) < 4.78 is 7.89. The van der Waals surface area contributed by atoms with Gasteiger partial charge in [0.1, 0.15) is 41.4 Å². The van der Waals surface area contributed by atoms with Gasteiger partial charge >= 0.3 is 0 Å². The number of nitrogen functional groups attached to an aromatic ring is 1. The summed E-state index contributed by atoms with van der Waals surface area (Å²) in [4.78, 5) is 32.7. The first-order chi connectivity index (χ1) is 23.2. The van der Waals surface area contributed by atoms with Crippen molar-refractivity contribution in [3.63, 3.8) is 0 Å². The molecule has 3 unspecified atom stereocenters. The van der Waals surface area contributed by atoms with Gasteiger partial charge in [0.2, 0.25) is 11.9 Å². The van der Waals surface area contributed by atoms with E-state index in [0.717, 1.165) is 49.0 Å². The fraction of sp³-hybridized carbons (Fsp3) is 0.429. The van der Waals surface area contributed by atoms with Gasteiger partial charge in [0, 0.05) is 33.2 Å². The highest BCUT2D eigenvalue weighted by molar-refractivity contribution is 5.83. The minimum atomic E-state index is -0.487. The first kappa shape index (κ1) is 31.6. The number of nitrogens with two attached hydrogens (primary N) is 1. The number of likely N-dealkylation sites (N-methyl/N-ethyl adjacent to an activating group) is 3. The second kappa shape index (κ2) is 12.5. The monoisotopic (exact) mass is 651 g/mol. The fourth-order valence-electron chi connectivity index (χ4n) is 7.36. The van der Waals surface area contributed by atoms with Gasteiger partial charge in [0.15, 0.2) is 11.5 Å². The van der Waals surface area contributed by atoms with Crippen molar-refractivity contribution in [3.8, 4) is 0 Å². The van der Waals surface area contributed by atoms with Crippen molar-refractivity contribution in [3.05, 3.63) is 83.0 Å². The Morgan fingerprint density at radius 3 is 2.73 bits per heavy atom. The van der Waals surface area contributed by atoms with E-state index in [4.69, 9.17) is 15.5 Å². The van der Waals surface area contributed by atoms with Crippen LogP contribution in [-0.4, -0.2) is 85.6 Å². The van der Waals surface area contributed by atoms with Crippen LogP contribution in [0, 0.1) is 0 Å². The second-order valence-electron chi connectivity index (χ2n) is 12.6. The largest absolute Gasteiger partial charge is 0.382 e. The van der Waals surface area contributed by atoms with Gasteiger partial charge in [-0.3, -0.25) is 9.36 Å². The van der Waals surface area contributed by atoms with Gasteiger partial charge in [0.25, 0.3) is 0 Å². The molecule has 3 aromatic rings. The van der Waals surface area contributed by atoms with Crippen LogP contribution in [-0.2, 0) is 22.4 Å². The summed E-state index contributed by atoms with van der Waals surface area (Å²) in [5.74, 6) is 2.68. The molecule has 1 aliphatic carbocycles. The van der Waals surface area contributed by atoms with Crippen LogP contribution >= 0.6 is 0 Å². The molecule has 1 amide bonds. The summed E-state index contributed by atoms with van der Waals surface area (Å²) in [6.45, 7) is 17.8. The average molecular weight is 652 g/mol. The van der Waals surface area contributed by atoms with Crippen molar-refractivity contribution in [1.29, 1.82) is 0 Å². The number of nitrogens with one attached hydrogen (secondary N) is 3. The zero-order valence-corrected chi connectivity index (χ0v) is 28.2. The van der Waals surface area contributed by atoms with Crippen LogP contribution in [0.25, 0.3) is 17.2 Å². The van der Waals surface area contributed by atoms with Gasteiger partial charge < -0.3 is 41.1 Å². The third kappa shape index (κ3) is 5.31. The molecule has 0 saturated carbocycles. The van der Waals surface area contributed by atoms with E-state index in [0.29, 0.717) is 48.9 Å². The highest BCUT2D eigenvalue weighted by Gasteiger charge is 2.41. The van der Waals surface area contributed by atoms with Crippen LogP contribution in [0.15, 0.2) is 66.3 Å². The molecule has 3 atom stereocenters. The quantitative estimate of drug-likeness (QED) is 0.256. The van der Waals surface area contributed by atoms with Gasteiger partial charge in [-0.05, 0) is 68.7 Å². The van der Waals surface area contributed by atoms with Crippen LogP contribution in [0.1, 0.15) is 56.5 Å². The summed E-state index contributed by atoms with van der Waals surface area (Å²) in [7, 11) is 2.14. The Morgan fingerprint density at radius 1 is 1.15 bits per heavy atom. The maximum Gasteiger partial charge on any atom is 0.249 e. The summed E-state index contributed by atoms with van der Waals surface area (Å²) in [6, 6.07) is 6.71. The minimum Gasteiger partial charge on any atom is -0.382 e. The molecule has 3 aliphatic heterocycles. The van der Waals surface area contributed by atoms with Crippen LogP contribution in [0.2, 0.25) is 0 Å². The van der Waals surface area contributed by atoms with E-state index in [9.17, 15) is 4.79 Å². The third-order valence-corrected chi connectivity index (χ3v) is 9.75. The molecule has 13 heteroatoms. The zero-order chi connectivity index (χ0) is 33.7. The number of aromatic nitrogens is 4. The lowest BCUT2D eigenvalue weighted by atomic mass is 10.0. The number of carbonyl (C=O) groups is 1. The summed E-state index contributed by atoms with van der Waals surface area (Å²) in [6.07, 6.45) is 6.17. The molecule has 2 aromatic heterocycles. The standard InChI is InChI=1S/C35H45N11O2/c1-7-37-34(47)26-12-13-27(48-26)46-19-39-28-30(36)40-35(42-32(28)46)38-15-14-22-10-11-23-17-25(18-24(23)16-22)31-41-33-29(43(31)6)20(4)44(8-2)21(5)45(33)9-3/h10-11,16-17,19,26-27,31,41H,4-5,7-9,12-15,18H2,1-3,6H3,(H,37,47)(H3,36,38,40,42). The lowest BCUT2D eigenvalue weighted by Crippen LogP contribution is -2.42. The van der Waals surface area contributed by atoms with Crippen molar-refractivity contribution in [2.45, 2.75) is 65.0 Å². The smallest absolute Gasteiger partial charge is 0.249 e. The Hall–Kier alpha value is -5.04. The molecule has 0 radical (unpaired) electrons. The van der Waals surface area contributed by atoms with Crippen molar-refractivity contribution >= 4 is 34.9 Å². The highest BCUT2D eigenvalue weighted by Crippen LogP contribution is 2.40. The molecule has 13 nitrogen and oxygen atoms in total. The predicted octanol–water partition coefficient (Wildman–Crippen LogP) is 3.49. The van der Waals surface area contributed by atoms with Crippen molar-refractivity contribution in [2.24, 2.45) is 0 Å². The highest BCUT2D eigenvalue weighted by atomic mass is 16.5. The van der Waals surface area contributed by atoms with Crippen LogP contribution in [0.3, 0.4) is 0 Å². The molecule has 1 fully saturated rings. The Balaban J connectivity index is 0.991. The van der Waals surface area contributed by atoms with Gasteiger partial charge in [-0.2, -0.15) is 9.97 Å². The van der Waals surface area contributed by atoms with Crippen molar-refractivity contribution in [2.75, 3.05) is 44.3 Å². The van der Waals surface area contributed by atoms with E-state index in [1.807, 2.05) is 11.5 Å². The minimum absolute atomic E-state index is 0.0444. The number of imidazole rings is 1. The van der Waals surface area contributed by atoms with E-state index in [1.54, 1.807) is 6.33 Å². The summed E-state index contributed by atoms with van der Waals surface area (Å²) >= 11 is 0. The summed E-state index contributed by atoms with van der Waals surface area (Å²) in [5.41, 5.74) is 14.6. The number of nitrogens with zero attached hydrogens (tertiary/aromatic N) is 7. The number of hydrogen-bond donors (Lipinski definition) is 4. The van der Waals surface area contributed by atoms with E-state index >= 15 is 0 Å². The molecule has 0 bridgehead atoms. The second-order valence-corrected chi connectivity index (χ2v) is 12.6. The molecular formula is C35H45N11O2. The van der Waals surface area contributed by atoms with E-state index in [2.05, 4.69) is 98.9 Å². The van der Waals surface area contributed by atoms with Gasteiger partial charge in [-0.1, -0.05) is 37.4 Å². The van der Waals surface area contributed by atoms with Gasteiger partial charge in [-0.25, -0.2) is 4.98 Å². The number of hydrogen-bond acceptors (Lipinski definition) is 11. The lowest BCUT2D eigenvalue weighted by Gasteiger charge is -2.41. The molecule has 1 aromatic carbocycles. The maximum atomic E-state index is 12.3. The van der Waals surface area contributed by atoms with Crippen LogP contribution in [0.4, 0.5) is 11.8 Å². The normalized spacial score (nSPS) is 22.0. The molecule has 4 aliphatic rings. The maximum absolute atomic E-state index is 12.3. The first-order valence-electron chi connectivity index (χ1n) is 16.9.